The number of rotatable bonds is 7. The molecule has 0 atom stereocenters. The van der Waals surface area contributed by atoms with Gasteiger partial charge in [0, 0.05) is 23.6 Å². The molecule has 0 aliphatic carbocycles. The summed E-state index contributed by atoms with van der Waals surface area (Å²) in [5.41, 5.74) is 1.48. The third kappa shape index (κ3) is 5.17. The van der Waals surface area contributed by atoms with Crippen molar-refractivity contribution in [3.63, 3.8) is 0 Å². The average Bonchev–Trinajstić information content (AvgIpc) is 3.02. The zero-order valence-electron chi connectivity index (χ0n) is 17.4. The normalized spacial score (nSPS) is 13.2. The fourth-order valence-electron chi connectivity index (χ4n) is 3.61. The van der Waals surface area contributed by atoms with Crippen molar-refractivity contribution >= 4 is 17.5 Å². The van der Waals surface area contributed by atoms with Gasteiger partial charge in [0.15, 0.2) is 17.3 Å². The van der Waals surface area contributed by atoms with Crippen molar-refractivity contribution in [3.8, 4) is 11.5 Å². The van der Waals surface area contributed by atoms with Gasteiger partial charge in [0.25, 0.3) is 5.91 Å². The van der Waals surface area contributed by atoms with Crippen LogP contribution in [0.25, 0.3) is 0 Å². The average molecular weight is 441 g/mol. The molecular formula is C23H25ClN4O3. The number of halogens is 1. The van der Waals surface area contributed by atoms with Gasteiger partial charge in [0.1, 0.15) is 12.4 Å². The van der Waals surface area contributed by atoms with Crippen molar-refractivity contribution < 1.29 is 14.3 Å². The van der Waals surface area contributed by atoms with Crippen LogP contribution in [0.5, 0.6) is 11.5 Å². The Labute approximate surface area is 186 Å². The van der Waals surface area contributed by atoms with Crippen LogP contribution in [0.1, 0.15) is 46.8 Å². The van der Waals surface area contributed by atoms with Crippen LogP contribution in [0.3, 0.4) is 0 Å². The van der Waals surface area contributed by atoms with Crippen LogP contribution in [-0.2, 0) is 26.1 Å². The summed E-state index contributed by atoms with van der Waals surface area (Å²) < 4.78 is 13.4. The van der Waals surface area contributed by atoms with E-state index in [2.05, 4.69) is 20.1 Å². The quantitative estimate of drug-likeness (QED) is 0.596. The maximum Gasteiger partial charge on any atom is 0.251 e. The maximum atomic E-state index is 12.7. The molecule has 0 fully saturated rings. The Balaban J connectivity index is 1.39. The number of aromatic nitrogens is 3. The highest BCUT2D eigenvalue weighted by molar-refractivity contribution is 6.30. The highest BCUT2D eigenvalue weighted by atomic mass is 35.5. The number of nitrogens with one attached hydrogen (secondary N) is 1. The molecule has 1 amide bonds. The first-order chi connectivity index (χ1) is 15.1. The molecule has 1 aromatic heterocycles. The molecule has 0 saturated heterocycles. The van der Waals surface area contributed by atoms with Crippen LogP contribution >= 0.6 is 11.6 Å². The molecule has 7 nitrogen and oxygen atoms in total. The molecule has 1 aliphatic heterocycles. The minimum absolute atomic E-state index is 0.200. The standard InChI is InChI=1S/C23H25ClN4O3/c1-30-20-13-17(8-11-19(20)31-15-16-6-9-18(24)10-7-16)23(29)25-14-22-27-26-21-5-3-2-4-12-28(21)22/h6-11,13H,2-5,12,14-15H2,1H3,(H,25,29). The number of aryl methyl sites for hydroxylation is 1. The van der Waals surface area contributed by atoms with Gasteiger partial charge in [-0.05, 0) is 48.7 Å². The fraction of sp³-hybridized carbons (Fsp3) is 0.348. The molecule has 0 spiro atoms. The summed E-state index contributed by atoms with van der Waals surface area (Å²) in [5, 5.41) is 12.1. The van der Waals surface area contributed by atoms with E-state index in [0.717, 1.165) is 43.0 Å². The molecule has 1 N–H and O–H groups in total. The van der Waals surface area contributed by atoms with Crippen molar-refractivity contribution in [1.82, 2.24) is 20.1 Å². The van der Waals surface area contributed by atoms with Crippen molar-refractivity contribution in [3.05, 3.63) is 70.3 Å². The van der Waals surface area contributed by atoms with Gasteiger partial charge in [0.05, 0.1) is 13.7 Å². The van der Waals surface area contributed by atoms with Gasteiger partial charge in [-0.25, -0.2) is 0 Å². The van der Waals surface area contributed by atoms with Gasteiger partial charge in [-0.1, -0.05) is 30.2 Å². The second kappa shape index (κ2) is 9.83. The Morgan fingerprint density at radius 3 is 2.74 bits per heavy atom. The maximum absolute atomic E-state index is 12.7. The lowest BCUT2D eigenvalue weighted by atomic mass is 10.2. The van der Waals surface area contributed by atoms with E-state index < -0.39 is 0 Å². The number of ether oxygens (including phenoxy) is 2. The smallest absolute Gasteiger partial charge is 0.251 e. The van der Waals surface area contributed by atoms with Crippen molar-refractivity contribution in [2.75, 3.05) is 7.11 Å². The zero-order chi connectivity index (χ0) is 21.6. The van der Waals surface area contributed by atoms with Crippen molar-refractivity contribution in [1.29, 1.82) is 0 Å². The van der Waals surface area contributed by atoms with Crippen molar-refractivity contribution in [2.45, 2.75) is 45.4 Å². The van der Waals surface area contributed by atoms with Crippen LogP contribution in [0, 0.1) is 0 Å². The second-order valence-electron chi connectivity index (χ2n) is 7.46. The first-order valence-corrected chi connectivity index (χ1v) is 10.8. The molecule has 0 radical (unpaired) electrons. The van der Waals surface area contributed by atoms with Gasteiger partial charge in [-0.3, -0.25) is 4.79 Å². The van der Waals surface area contributed by atoms with Crippen molar-refractivity contribution in [2.24, 2.45) is 0 Å². The minimum Gasteiger partial charge on any atom is -0.493 e. The van der Waals surface area contributed by atoms with E-state index in [0.29, 0.717) is 35.2 Å². The summed E-state index contributed by atoms with van der Waals surface area (Å²) in [6.45, 7) is 1.61. The Morgan fingerprint density at radius 1 is 1.10 bits per heavy atom. The Kier molecular flexibility index (Phi) is 6.72. The first kappa shape index (κ1) is 21.2. The summed E-state index contributed by atoms with van der Waals surface area (Å²) in [7, 11) is 1.55. The summed E-state index contributed by atoms with van der Waals surface area (Å²) in [6.07, 6.45) is 4.38. The Hall–Kier alpha value is -3.06. The monoisotopic (exact) mass is 440 g/mol. The molecule has 2 heterocycles. The Morgan fingerprint density at radius 2 is 1.94 bits per heavy atom. The number of carbonyl (C=O) groups excluding carboxylic acids is 1. The van der Waals surface area contributed by atoms with Gasteiger partial charge in [-0.2, -0.15) is 0 Å². The fourth-order valence-corrected chi connectivity index (χ4v) is 3.73. The van der Waals surface area contributed by atoms with E-state index in [4.69, 9.17) is 21.1 Å². The highest BCUT2D eigenvalue weighted by Gasteiger charge is 2.16. The lowest BCUT2D eigenvalue weighted by Gasteiger charge is -2.13. The molecular weight excluding hydrogens is 416 g/mol. The summed E-state index contributed by atoms with van der Waals surface area (Å²) in [6, 6.07) is 12.6. The van der Waals surface area contributed by atoms with E-state index >= 15 is 0 Å². The molecule has 2 aromatic carbocycles. The second-order valence-corrected chi connectivity index (χ2v) is 7.89. The first-order valence-electron chi connectivity index (χ1n) is 10.4. The molecule has 4 rings (SSSR count). The van der Waals surface area contributed by atoms with E-state index in [9.17, 15) is 4.79 Å². The minimum atomic E-state index is -0.200. The molecule has 8 heteroatoms. The molecule has 31 heavy (non-hydrogen) atoms. The topological polar surface area (TPSA) is 78.3 Å². The number of amides is 1. The third-order valence-corrected chi connectivity index (χ3v) is 5.58. The zero-order valence-corrected chi connectivity index (χ0v) is 18.2. The molecule has 0 saturated carbocycles. The SMILES string of the molecule is COc1cc(C(=O)NCc2nnc3n2CCCCC3)ccc1OCc1ccc(Cl)cc1. The molecule has 3 aromatic rings. The van der Waals surface area contributed by atoms with Crippen LogP contribution in [-0.4, -0.2) is 27.8 Å². The van der Waals surface area contributed by atoms with Gasteiger partial charge in [-0.15, -0.1) is 10.2 Å². The van der Waals surface area contributed by atoms with Gasteiger partial charge < -0.3 is 19.4 Å². The van der Waals surface area contributed by atoms with Crippen LogP contribution in [0.15, 0.2) is 42.5 Å². The van der Waals surface area contributed by atoms with E-state index in [1.165, 1.54) is 6.42 Å². The number of benzene rings is 2. The van der Waals surface area contributed by atoms with Crippen LogP contribution < -0.4 is 14.8 Å². The summed E-state index contributed by atoms with van der Waals surface area (Å²) in [4.78, 5) is 12.7. The molecule has 1 aliphatic rings. The van der Waals surface area contributed by atoms with Gasteiger partial charge in [0.2, 0.25) is 0 Å². The number of carbonyl (C=O) groups is 1. The van der Waals surface area contributed by atoms with Crippen LogP contribution in [0.4, 0.5) is 0 Å². The highest BCUT2D eigenvalue weighted by Crippen LogP contribution is 2.29. The van der Waals surface area contributed by atoms with E-state index in [1.54, 1.807) is 25.3 Å². The predicted molar refractivity (Wildman–Crippen MR) is 118 cm³/mol. The number of methoxy groups -OCH3 is 1. The largest absolute Gasteiger partial charge is 0.493 e. The molecule has 0 unspecified atom stereocenters. The van der Waals surface area contributed by atoms with Gasteiger partial charge >= 0.3 is 0 Å². The van der Waals surface area contributed by atoms with Crippen LogP contribution in [0.2, 0.25) is 5.02 Å². The number of nitrogens with zero attached hydrogens (tertiary/aromatic N) is 3. The summed E-state index contributed by atoms with van der Waals surface area (Å²) in [5.74, 6) is 2.66. The lowest BCUT2D eigenvalue weighted by Crippen LogP contribution is -2.25. The molecule has 0 bridgehead atoms. The third-order valence-electron chi connectivity index (χ3n) is 5.33. The lowest BCUT2D eigenvalue weighted by molar-refractivity contribution is 0.0949. The number of fused-ring (bicyclic) bond motifs is 1. The van der Waals surface area contributed by atoms with E-state index in [-0.39, 0.29) is 5.91 Å². The number of hydrogen-bond acceptors (Lipinski definition) is 5. The van der Waals surface area contributed by atoms with E-state index in [1.807, 2.05) is 24.3 Å². The Bertz CT molecular complexity index is 1050. The summed E-state index contributed by atoms with van der Waals surface area (Å²) >= 11 is 5.92. The predicted octanol–water partition coefficient (Wildman–Crippen LogP) is 4.18. The number of hydrogen-bond donors (Lipinski definition) is 1. The molecule has 162 valence electrons.